The van der Waals surface area contributed by atoms with Crippen molar-refractivity contribution in [3.8, 4) is 0 Å². The molecule has 2 rings (SSSR count). The van der Waals surface area contributed by atoms with E-state index in [0.717, 1.165) is 11.3 Å². The van der Waals surface area contributed by atoms with Crippen LogP contribution in [0, 0.1) is 17.8 Å². The fourth-order valence-electron chi connectivity index (χ4n) is 2.88. The summed E-state index contributed by atoms with van der Waals surface area (Å²) in [4.78, 5) is 13.6. The minimum atomic E-state index is -0.185. The summed E-state index contributed by atoms with van der Waals surface area (Å²) in [5.41, 5.74) is 0. The highest BCUT2D eigenvalue weighted by Crippen LogP contribution is 2.36. The molecular weight excluding hydrogens is 276 g/mol. The average molecular weight is 298 g/mol. The van der Waals surface area contributed by atoms with Gasteiger partial charge in [-0.05, 0) is 36.7 Å². The highest BCUT2D eigenvalue weighted by Gasteiger charge is 2.33. The van der Waals surface area contributed by atoms with Crippen molar-refractivity contribution in [3.63, 3.8) is 0 Å². The zero-order valence-electron chi connectivity index (χ0n) is 11.8. The fourth-order valence-corrected chi connectivity index (χ4v) is 3.91. The van der Waals surface area contributed by atoms with E-state index in [0.29, 0.717) is 22.6 Å². The summed E-state index contributed by atoms with van der Waals surface area (Å²) in [5, 5.41) is 1.86. The lowest BCUT2D eigenvalue weighted by Crippen LogP contribution is -2.35. The highest BCUT2D eigenvalue weighted by molar-refractivity contribution is 7.80. The summed E-state index contributed by atoms with van der Waals surface area (Å²) in [6, 6.07) is 1.78. The van der Waals surface area contributed by atoms with Crippen LogP contribution in [-0.2, 0) is 4.74 Å². The third kappa shape index (κ3) is 3.76. The number of esters is 1. The second kappa shape index (κ2) is 6.31. The Morgan fingerprint density at radius 1 is 1.47 bits per heavy atom. The van der Waals surface area contributed by atoms with Gasteiger partial charge in [-0.1, -0.05) is 27.2 Å². The van der Waals surface area contributed by atoms with E-state index in [1.807, 2.05) is 5.38 Å². The minimum Gasteiger partial charge on any atom is -0.458 e. The summed E-state index contributed by atoms with van der Waals surface area (Å²) in [6.45, 7) is 6.69. The van der Waals surface area contributed by atoms with Crippen molar-refractivity contribution in [2.75, 3.05) is 0 Å². The van der Waals surface area contributed by atoms with Crippen molar-refractivity contribution in [2.24, 2.45) is 17.8 Å². The van der Waals surface area contributed by atoms with Crippen LogP contribution < -0.4 is 0 Å². The van der Waals surface area contributed by atoms with Gasteiger partial charge in [0.15, 0.2) is 0 Å². The molecule has 3 unspecified atom stereocenters. The first-order valence-corrected chi connectivity index (χ1v) is 8.28. The first-order valence-electron chi connectivity index (χ1n) is 6.96. The normalized spacial score (nSPS) is 27.5. The molecule has 3 atom stereocenters. The van der Waals surface area contributed by atoms with Crippen LogP contribution in [0.25, 0.3) is 0 Å². The fraction of sp³-hybridized carbons (Fsp3) is 0.667. The number of hydrogen-bond donors (Lipinski definition) is 1. The molecule has 0 radical (unpaired) electrons. The van der Waals surface area contributed by atoms with Gasteiger partial charge in [0, 0.05) is 10.3 Å². The molecule has 1 aliphatic rings. The molecule has 1 saturated carbocycles. The number of ether oxygens (including phenoxy) is 1. The van der Waals surface area contributed by atoms with Crippen molar-refractivity contribution < 1.29 is 9.53 Å². The van der Waals surface area contributed by atoms with Gasteiger partial charge in [-0.15, -0.1) is 24.0 Å². The molecule has 106 valence electrons. The molecule has 1 heterocycles. The Labute approximate surface area is 125 Å². The van der Waals surface area contributed by atoms with Crippen molar-refractivity contribution in [2.45, 2.75) is 51.0 Å². The van der Waals surface area contributed by atoms with Gasteiger partial charge in [-0.3, -0.25) is 0 Å². The second-order valence-corrected chi connectivity index (χ2v) is 7.37. The van der Waals surface area contributed by atoms with Gasteiger partial charge in [0.1, 0.15) is 11.0 Å². The summed E-state index contributed by atoms with van der Waals surface area (Å²) in [5.74, 6) is 1.52. The quantitative estimate of drug-likeness (QED) is 0.649. The molecule has 0 saturated heterocycles. The Morgan fingerprint density at radius 2 is 2.21 bits per heavy atom. The lowest BCUT2D eigenvalue weighted by molar-refractivity contribution is -0.0169. The van der Waals surface area contributed by atoms with Crippen LogP contribution >= 0.6 is 24.0 Å². The van der Waals surface area contributed by atoms with E-state index in [2.05, 4.69) is 33.4 Å². The van der Waals surface area contributed by atoms with Crippen molar-refractivity contribution in [1.82, 2.24) is 0 Å². The minimum absolute atomic E-state index is 0.0710. The Balaban J connectivity index is 2.04. The summed E-state index contributed by atoms with van der Waals surface area (Å²) < 4.78 is 5.77. The topological polar surface area (TPSA) is 26.3 Å². The Hall–Kier alpha value is -0.480. The van der Waals surface area contributed by atoms with E-state index in [4.69, 9.17) is 4.74 Å². The molecule has 0 spiro atoms. The summed E-state index contributed by atoms with van der Waals surface area (Å²) in [7, 11) is 0. The predicted octanol–water partition coefficient (Wildman–Crippen LogP) is 4.65. The van der Waals surface area contributed by atoms with Gasteiger partial charge in [-0.25, -0.2) is 4.79 Å². The molecule has 0 aliphatic heterocycles. The molecule has 2 nitrogen and oxygen atoms in total. The van der Waals surface area contributed by atoms with Crippen LogP contribution in [0.1, 0.15) is 49.7 Å². The molecule has 0 N–H and O–H groups in total. The van der Waals surface area contributed by atoms with Gasteiger partial charge in [-0.2, -0.15) is 0 Å². The average Bonchev–Trinajstić information content (AvgIpc) is 2.75. The van der Waals surface area contributed by atoms with E-state index in [1.54, 1.807) is 6.07 Å². The summed E-state index contributed by atoms with van der Waals surface area (Å²) >= 11 is 5.64. The van der Waals surface area contributed by atoms with Crippen LogP contribution in [0.15, 0.2) is 16.3 Å². The summed E-state index contributed by atoms with van der Waals surface area (Å²) in [6.07, 6.45) is 3.48. The second-order valence-electron chi connectivity index (χ2n) is 5.94. The van der Waals surface area contributed by atoms with Crippen molar-refractivity contribution in [3.05, 3.63) is 16.3 Å². The molecule has 19 heavy (non-hydrogen) atoms. The van der Waals surface area contributed by atoms with Crippen LogP contribution in [0.5, 0.6) is 0 Å². The monoisotopic (exact) mass is 298 g/mol. The smallest absolute Gasteiger partial charge is 0.348 e. The highest BCUT2D eigenvalue weighted by atomic mass is 32.1. The maximum absolute atomic E-state index is 12.2. The number of thiol groups is 1. The molecule has 4 heteroatoms. The van der Waals surface area contributed by atoms with Gasteiger partial charge in [0.05, 0.1) is 0 Å². The standard InChI is InChI=1S/C15H22O2S2/c1-9(2)12-5-4-10(3)6-13(12)17-15(16)14-7-11(18)8-19-14/h7-10,12-13,18H,4-6H2,1-3H3. The first kappa shape index (κ1) is 14.9. The van der Waals surface area contributed by atoms with Gasteiger partial charge < -0.3 is 4.74 Å². The zero-order chi connectivity index (χ0) is 14.0. The number of rotatable bonds is 3. The number of carbonyl (C=O) groups excluding carboxylic acids is 1. The van der Waals surface area contributed by atoms with Crippen LogP contribution in [0.2, 0.25) is 0 Å². The van der Waals surface area contributed by atoms with E-state index in [1.165, 1.54) is 24.2 Å². The van der Waals surface area contributed by atoms with Gasteiger partial charge in [0.25, 0.3) is 0 Å². The van der Waals surface area contributed by atoms with E-state index < -0.39 is 0 Å². The largest absolute Gasteiger partial charge is 0.458 e. The molecular formula is C15H22O2S2. The van der Waals surface area contributed by atoms with E-state index >= 15 is 0 Å². The van der Waals surface area contributed by atoms with Gasteiger partial charge >= 0.3 is 5.97 Å². The Morgan fingerprint density at radius 3 is 2.79 bits per heavy atom. The predicted molar refractivity (Wildman–Crippen MR) is 82.1 cm³/mol. The molecule has 1 fully saturated rings. The van der Waals surface area contributed by atoms with Crippen molar-refractivity contribution in [1.29, 1.82) is 0 Å². The molecule has 1 aromatic rings. The van der Waals surface area contributed by atoms with Crippen LogP contribution in [0.3, 0.4) is 0 Å². The maximum Gasteiger partial charge on any atom is 0.348 e. The molecule has 0 bridgehead atoms. The number of thiophene rings is 1. The van der Waals surface area contributed by atoms with Crippen molar-refractivity contribution >= 4 is 29.9 Å². The Bertz CT molecular complexity index is 439. The Kier molecular flexibility index (Phi) is 4.96. The lowest BCUT2D eigenvalue weighted by Gasteiger charge is -2.36. The van der Waals surface area contributed by atoms with E-state index in [-0.39, 0.29) is 12.1 Å². The van der Waals surface area contributed by atoms with Gasteiger partial charge in [0.2, 0.25) is 0 Å². The molecule has 1 aliphatic carbocycles. The zero-order valence-corrected chi connectivity index (χ0v) is 13.5. The molecule has 0 aromatic carbocycles. The molecule has 1 aromatic heterocycles. The molecule has 0 amide bonds. The lowest BCUT2D eigenvalue weighted by atomic mass is 9.75. The van der Waals surface area contributed by atoms with Crippen LogP contribution in [0.4, 0.5) is 0 Å². The SMILES string of the molecule is CC1CCC(C(C)C)C(OC(=O)c2cc(S)cs2)C1. The van der Waals surface area contributed by atoms with E-state index in [9.17, 15) is 4.79 Å². The van der Waals surface area contributed by atoms with Crippen LogP contribution in [-0.4, -0.2) is 12.1 Å². The maximum atomic E-state index is 12.2. The number of hydrogen-bond acceptors (Lipinski definition) is 4. The third-order valence-electron chi connectivity index (χ3n) is 4.01. The third-order valence-corrected chi connectivity index (χ3v) is 5.35. The first-order chi connectivity index (χ1) is 8.97. The number of carbonyl (C=O) groups is 1.